The van der Waals surface area contributed by atoms with Crippen LogP contribution in [0.5, 0.6) is 0 Å². The number of aromatic nitrogens is 3. The number of aryl methyl sites for hydroxylation is 1. The first kappa shape index (κ1) is 21.4. The number of benzene rings is 1. The molecule has 0 saturated carbocycles. The first-order chi connectivity index (χ1) is 12.7. The van der Waals surface area contributed by atoms with Crippen LogP contribution in [0.15, 0.2) is 30.3 Å². The summed E-state index contributed by atoms with van der Waals surface area (Å²) in [6.07, 6.45) is 5.18. The van der Waals surface area contributed by atoms with E-state index in [2.05, 4.69) is 39.9 Å². The SMILES string of the molecule is Cc1c(C(=O)N(C)CCCCc2ccccc2)nnn1C1CCNCC1.Cl. The third kappa shape index (κ3) is 5.53. The van der Waals surface area contributed by atoms with E-state index in [9.17, 15) is 4.79 Å². The Morgan fingerprint density at radius 1 is 1.22 bits per heavy atom. The lowest BCUT2D eigenvalue weighted by atomic mass is 10.1. The van der Waals surface area contributed by atoms with Gasteiger partial charge in [0.1, 0.15) is 0 Å². The van der Waals surface area contributed by atoms with E-state index in [-0.39, 0.29) is 18.3 Å². The van der Waals surface area contributed by atoms with Crippen molar-refractivity contribution in [2.75, 3.05) is 26.7 Å². The average Bonchev–Trinajstić information content (AvgIpc) is 3.07. The summed E-state index contributed by atoms with van der Waals surface area (Å²) in [5.74, 6) is -0.0256. The van der Waals surface area contributed by atoms with Crippen LogP contribution in [-0.4, -0.2) is 52.5 Å². The number of amides is 1. The lowest BCUT2D eigenvalue weighted by molar-refractivity contribution is 0.0786. The molecule has 27 heavy (non-hydrogen) atoms. The van der Waals surface area contributed by atoms with E-state index < -0.39 is 0 Å². The Bertz CT molecular complexity index is 712. The summed E-state index contributed by atoms with van der Waals surface area (Å²) in [6.45, 7) is 4.69. The van der Waals surface area contributed by atoms with E-state index >= 15 is 0 Å². The zero-order chi connectivity index (χ0) is 18.4. The number of nitrogens with one attached hydrogen (secondary N) is 1. The Kier molecular flexibility index (Phi) is 8.25. The monoisotopic (exact) mass is 391 g/mol. The number of nitrogens with zero attached hydrogens (tertiary/aromatic N) is 4. The summed E-state index contributed by atoms with van der Waals surface area (Å²) >= 11 is 0. The highest BCUT2D eigenvalue weighted by Gasteiger charge is 2.24. The van der Waals surface area contributed by atoms with Gasteiger partial charge >= 0.3 is 0 Å². The molecule has 1 aliphatic heterocycles. The molecular weight excluding hydrogens is 362 g/mol. The van der Waals surface area contributed by atoms with Gasteiger partial charge in [0.05, 0.1) is 11.7 Å². The van der Waals surface area contributed by atoms with Crippen LogP contribution in [0.3, 0.4) is 0 Å². The second-order valence-electron chi connectivity index (χ2n) is 7.12. The van der Waals surface area contributed by atoms with Gasteiger partial charge in [-0.05, 0) is 57.7 Å². The molecule has 1 aromatic carbocycles. The van der Waals surface area contributed by atoms with E-state index in [0.29, 0.717) is 11.7 Å². The number of carbonyl (C=O) groups excluding carboxylic acids is 1. The Morgan fingerprint density at radius 3 is 2.63 bits per heavy atom. The maximum absolute atomic E-state index is 12.7. The molecule has 1 amide bonds. The van der Waals surface area contributed by atoms with Crippen LogP contribution in [-0.2, 0) is 6.42 Å². The molecule has 148 valence electrons. The minimum atomic E-state index is -0.0256. The normalized spacial score (nSPS) is 14.6. The fraction of sp³-hybridized carbons (Fsp3) is 0.550. The van der Waals surface area contributed by atoms with E-state index in [4.69, 9.17) is 0 Å². The van der Waals surface area contributed by atoms with E-state index in [1.54, 1.807) is 4.90 Å². The van der Waals surface area contributed by atoms with Crippen LogP contribution in [0.1, 0.15) is 53.5 Å². The molecule has 1 fully saturated rings. The lowest BCUT2D eigenvalue weighted by Gasteiger charge is -2.23. The minimum Gasteiger partial charge on any atom is -0.340 e. The third-order valence-corrected chi connectivity index (χ3v) is 5.18. The molecule has 0 aliphatic carbocycles. The summed E-state index contributed by atoms with van der Waals surface area (Å²) in [7, 11) is 1.85. The standard InChI is InChI=1S/C20H29N5O.ClH/c1-16-19(22-23-25(16)18-11-13-21-14-12-18)20(26)24(2)15-7-6-10-17-8-4-3-5-9-17;/h3-5,8-9,18,21H,6-7,10-15H2,1-2H3;1H. The zero-order valence-electron chi connectivity index (χ0n) is 16.2. The van der Waals surface area contributed by atoms with Crippen LogP contribution in [0.2, 0.25) is 0 Å². The van der Waals surface area contributed by atoms with Crippen LogP contribution in [0, 0.1) is 6.92 Å². The molecule has 1 saturated heterocycles. The molecule has 1 aliphatic rings. The summed E-state index contributed by atoms with van der Waals surface area (Å²) in [5.41, 5.74) is 2.73. The first-order valence-electron chi connectivity index (χ1n) is 9.58. The quantitative estimate of drug-likeness (QED) is 0.737. The highest BCUT2D eigenvalue weighted by molar-refractivity contribution is 5.93. The van der Waals surface area contributed by atoms with Crippen molar-refractivity contribution < 1.29 is 4.79 Å². The Labute approximate surface area is 167 Å². The second kappa shape index (κ2) is 10.4. The zero-order valence-corrected chi connectivity index (χ0v) is 17.0. The predicted molar refractivity (Wildman–Crippen MR) is 109 cm³/mol. The van der Waals surface area contributed by atoms with Crippen molar-refractivity contribution in [3.8, 4) is 0 Å². The van der Waals surface area contributed by atoms with Crippen molar-refractivity contribution in [2.45, 2.75) is 45.1 Å². The van der Waals surface area contributed by atoms with Crippen LogP contribution >= 0.6 is 12.4 Å². The molecule has 0 unspecified atom stereocenters. The second-order valence-corrected chi connectivity index (χ2v) is 7.12. The number of hydrogen-bond donors (Lipinski definition) is 1. The summed E-state index contributed by atoms with van der Waals surface area (Å²) in [5, 5.41) is 11.8. The first-order valence-corrected chi connectivity index (χ1v) is 9.58. The molecule has 0 radical (unpaired) electrons. The average molecular weight is 392 g/mol. The van der Waals surface area contributed by atoms with Gasteiger partial charge in [0.25, 0.3) is 5.91 Å². The number of hydrogen-bond acceptors (Lipinski definition) is 4. The Hall–Kier alpha value is -1.92. The van der Waals surface area contributed by atoms with Gasteiger partial charge in [-0.15, -0.1) is 17.5 Å². The Balaban J connectivity index is 0.00000261. The number of rotatable bonds is 7. The van der Waals surface area contributed by atoms with Gasteiger partial charge in [-0.25, -0.2) is 4.68 Å². The van der Waals surface area contributed by atoms with Gasteiger partial charge in [0, 0.05) is 13.6 Å². The van der Waals surface area contributed by atoms with Crippen molar-refractivity contribution in [2.24, 2.45) is 0 Å². The molecule has 2 heterocycles. The number of piperidine rings is 1. The maximum atomic E-state index is 12.7. The van der Waals surface area contributed by atoms with Crippen LogP contribution in [0.25, 0.3) is 0 Å². The van der Waals surface area contributed by atoms with E-state index in [1.807, 2.05) is 24.7 Å². The number of halogens is 1. The van der Waals surface area contributed by atoms with Crippen LogP contribution in [0.4, 0.5) is 0 Å². The summed E-state index contributed by atoms with van der Waals surface area (Å²) in [6, 6.07) is 10.8. The smallest absolute Gasteiger partial charge is 0.276 e. The molecule has 3 rings (SSSR count). The fourth-order valence-corrected chi connectivity index (χ4v) is 3.54. The van der Waals surface area contributed by atoms with Gasteiger partial charge in [0.15, 0.2) is 5.69 Å². The highest BCUT2D eigenvalue weighted by atomic mass is 35.5. The molecule has 1 N–H and O–H groups in total. The molecule has 6 nitrogen and oxygen atoms in total. The van der Waals surface area contributed by atoms with Gasteiger partial charge in [-0.2, -0.15) is 0 Å². The number of carbonyl (C=O) groups is 1. The largest absolute Gasteiger partial charge is 0.340 e. The molecular formula is C20H30ClN5O. The number of unbranched alkanes of at least 4 members (excludes halogenated alkanes) is 1. The van der Waals surface area contributed by atoms with Crippen LogP contribution < -0.4 is 5.32 Å². The molecule has 0 bridgehead atoms. The topological polar surface area (TPSA) is 63.1 Å². The fourth-order valence-electron chi connectivity index (χ4n) is 3.54. The lowest BCUT2D eigenvalue weighted by Crippen LogP contribution is -2.31. The molecule has 2 aromatic rings. The van der Waals surface area contributed by atoms with Gasteiger partial charge in [0.2, 0.25) is 0 Å². The van der Waals surface area contributed by atoms with E-state index in [1.165, 1.54) is 5.56 Å². The Morgan fingerprint density at radius 2 is 1.93 bits per heavy atom. The van der Waals surface area contributed by atoms with Crippen molar-refractivity contribution >= 4 is 18.3 Å². The molecule has 1 aromatic heterocycles. The van der Waals surface area contributed by atoms with Crippen molar-refractivity contribution in [3.63, 3.8) is 0 Å². The van der Waals surface area contributed by atoms with E-state index in [0.717, 1.165) is 57.4 Å². The summed E-state index contributed by atoms with van der Waals surface area (Å²) in [4.78, 5) is 14.5. The minimum absolute atomic E-state index is 0. The molecule has 0 atom stereocenters. The predicted octanol–water partition coefficient (Wildman–Crippen LogP) is 3.03. The maximum Gasteiger partial charge on any atom is 0.276 e. The molecule has 7 heteroatoms. The summed E-state index contributed by atoms with van der Waals surface area (Å²) < 4.78 is 1.94. The van der Waals surface area contributed by atoms with Crippen molar-refractivity contribution in [3.05, 3.63) is 47.3 Å². The van der Waals surface area contributed by atoms with Gasteiger partial charge < -0.3 is 10.2 Å². The highest BCUT2D eigenvalue weighted by Crippen LogP contribution is 2.20. The van der Waals surface area contributed by atoms with Crippen molar-refractivity contribution in [1.29, 1.82) is 0 Å². The van der Waals surface area contributed by atoms with Gasteiger partial charge in [-0.1, -0.05) is 35.5 Å². The third-order valence-electron chi connectivity index (χ3n) is 5.18. The van der Waals surface area contributed by atoms with Crippen molar-refractivity contribution in [1.82, 2.24) is 25.2 Å². The van der Waals surface area contributed by atoms with Gasteiger partial charge in [-0.3, -0.25) is 4.79 Å². The molecule has 0 spiro atoms.